The van der Waals surface area contributed by atoms with Crippen molar-refractivity contribution in [3.05, 3.63) is 60.4 Å². The van der Waals surface area contributed by atoms with Crippen molar-refractivity contribution in [1.29, 1.82) is 0 Å². The summed E-state index contributed by atoms with van der Waals surface area (Å²) in [5.41, 5.74) is 2.24. The number of rotatable bonds is 6. The Hall–Kier alpha value is -3.72. The minimum Gasteiger partial charge on any atom is -0.356 e. The summed E-state index contributed by atoms with van der Waals surface area (Å²) in [6, 6.07) is 14.5. The number of nitrogens with zero attached hydrogens (tertiary/aromatic N) is 7. The van der Waals surface area contributed by atoms with E-state index in [0.717, 1.165) is 61.8 Å². The van der Waals surface area contributed by atoms with Gasteiger partial charge in [-0.25, -0.2) is 4.98 Å². The van der Waals surface area contributed by atoms with Crippen molar-refractivity contribution in [3.63, 3.8) is 0 Å². The minimum absolute atomic E-state index is 0.582. The first-order chi connectivity index (χ1) is 16.8. The van der Waals surface area contributed by atoms with Gasteiger partial charge in [-0.15, -0.1) is 0 Å². The molecule has 5 heterocycles. The zero-order valence-electron chi connectivity index (χ0n) is 19.2. The molecular formula is C25H29N9. The van der Waals surface area contributed by atoms with Crippen LogP contribution in [0.4, 0.5) is 23.4 Å². The maximum atomic E-state index is 4.87. The summed E-state index contributed by atoms with van der Waals surface area (Å²) >= 11 is 0. The largest absolute Gasteiger partial charge is 0.356 e. The lowest BCUT2D eigenvalue weighted by Crippen LogP contribution is -2.44. The number of fused-ring (bicyclic) bond motifs is 1. The highest BCUT2D eigenvalue weighted by Gasteiger charge is 2.19. The Morgan fingerprint density at radius 2 is 1.59 bits per heavy atom. The third-order valence-electron chi connectivity index (χ3n) is 6.51. The highest BCUT2D eigenvalue weighted by molar-refractivity contribution is 5.81. The van der Waals surface area contributed by atoms with Crippen molar-refractivity contribution in [2.24, 2.45) is 0 Å². The summed E-state index contributed by atoms with van der Waals surface area (Å²) in [6.45, 7) is 6.62. The summed E-state index contributed by atoms with van der Waals surface area (Å²) in [6.07, 6.45) is 6.13. The molecule has 4 aromatic rings. The highest BCUT2D eigenvalue weighted by Crippen LogP contribution is 2.26. The quantitative estimate of drug-likeness (QED) is 0.459. The van der Waals surface area contributed by atoms with Crippen LogP contribution in [0, 0.1) is 0 Å². The first-order valence-corrected chi connectivity index (χ1v) is 12.0. The number of aromatic nitrogens is 5. The van der Waals surface area contributed by atoms with E-state index >= 15 is 0 Å². The first kappa shape index (κ1) is 20.9. The predicted octanol–water partition coefficient (Wildman–Crippen LogP) is 3.02. The van der Waals surface area contributed by atoms with Crippen LogP contribution in [0.25, 0.3) is 10.9 Å². The second-order valence-electron chi connectivity index (χ2n) is 8.88. The number of nitrogens with one attached hydrogen (secondary N) is 2. The van der Waals surface area contributed by atoms with Gasteiger partial charge in [-0.05, 0) is 18.4 Å². The van der Waals surface area contributed by atoms with Crippen LogP contribution in [0.15, 0.2) is 54.9 Å². The molecular weight excluding hydrogens is 426 g/mol. The lowest BCUT2D eigenvalue weighted by molar-refractivity contribution is 0.584. The fourth-order valence-corrected chi connectivity index (χ4v) is 4.68. The second-order valence-corrected chi connectivity index (χ2v) is 8.88. The second kappa shape index (κ2) is 9.26. The molecule has 0 atom stereocenters. The Balaban J connectivity index is 1.31. The van der Waals surface area contributed by atoms with E-state index in [0.29, 0.717) is 18.3 Å². The van der Waals surface area contributed by atoms with Gasteiger partial charge in [-0.1, -0.05) is 30.3 Å². The van der Waals surface area contributed by atoms with E-state index in [1.165, 1.54) is 18.4 Å². The molecule has 9 nitrogen and oxygen atoms in total. The van der Waals surface area contributed by atoms with Crippen LogP contribution in [0.3, 0.4) is 0 Å². The Morgan fingerprint density at radius 3 is 2.35 bits per heavy atom. The van der Waals surface area contributed by atoms with Gasteiger partial charge in [0.15, 0.2) is 0 Å². The van der Waals surface area contributed by atoms with Gasteiger partial charge in [-0.3, -0.25) is 4.68 Å². The monoisotopic (exact) mass is 455 g/mol. The molecule has 0 radical (unpaired) electrons. The van der Waals surface area contributed by atoms with Gasteiger partial charge in [0.1, 0.15) is 17.5 Å². The molecule has 0 bridgehead atoms. The lowest BCUT2D eigenvalue weighted by atomic mass is 10.2. The van der Waals surface area contributed by atoms with Crippen LogP contribution in [0.2, 0.25) is 0 Å². The van der Waals surface area contributed by atoms with Gasteiger partial charge in [0.05, 0.1) is 18.3 Å². The average Bonchev–Trinajstić information content (AvgIpc) is 3.56. The fraction of sp³-hybridized carbons (Fsp3) is 0.360. The van der Waals surface area contributed by atoms with Gasteiger partial charge in [-0.2, -0.15) is 15.1 Å². The summed E-state index contributed by atoms with van der Waals surface area (Å²) < 4.78 is 2.01. The molecule has 6 rings (SSSR count). The van der Waals surface area contributed by atoms with Crippen LogP contribution in [-0.4, -0.2) is 64.0 Å². The molecule has 2 N–H and O–H groups in total. The van der Waals surface area contributed by atoms with E-state index in [1.807, 2.05) is 29.2 Å². The van der Waals surface area contributed by atoms with Crippen molar-refractivity contribution in [3.8, 4) is 0 Å². The average molecular weight is 456 g/mol. The maximum absolute atomic E-state index is 4.87. The zero-order valence-corrected chi connectivity index (χ0v) is 19.2. The molecule has 2 aliphatic heterocycles. The van der Waals surface area contributed by atoms with Crippen LogP contribution in [-0.2, 0) is 6.54 Å². The molecule has 3 aromatic heterocycles. The third kappa shape index (κ3) is 4.38. The Bertz CT molecular complexity index is 1260. The smallest absolute Gasteiger partial charge is 0.232 e. The summed E-state index contributed by atoms with van der Waals surface area (Å²) in [5, 5.41) is 12.4. The highest BCUT2D eigenvalue weighted by atomic mass is 15.3. The minimum atomic E-state index is 0.582. The molecule has 0 saturated carbocycles. The van der Waals surface area contributed by atoms with Crippen molar-refractivity contribution >= 4 is 34.3 Å². The van der Waals surface area contributed by atoms with Crippen LogP contribution in [0.5, 0.6) is 0 Å². The lowest BCUT2D eigenvalue weighted by Gasteiger charge is -2.29. The van der Waals surface area contributed by atoms with E-state index in [1.54, 1.807) is 0 Å². The van der Waals surface area contributed by atoms with Crippen LogP contribution in [0.1, 0.15) is 18.4 Å². The van der Waals surface area contributed by atoms with E-state index in [2.05, 4.69) is 60.8 Å². The van der Waals surface area contributed by atoms with Crippen molar-refractivity contribution in [2.75, 3.05) is 54.4 Å². The van der Waals surface area contributed by atoms with Crippen molar-refractivity contribution < 1.29 is 0 Å². The first-order valence-electron chi connectivity index (χ1n) is 12.0. The van der Waals surface area contributed by atoms with Gasteiger partial charge in [0.2, 0.25) is 5.95 Å². The number of hydrogen-bond donors (Lipinski definition) is 2. The van der Waals surface area contributed by atoms with Gasteiger partial charge in [0.25, 0.3) is 0 Å². The topological polar surface area (TPSA) is 87.0 Å². The molecule has 0 unspecified atom stereocenters. The molecule has 9 heteroatoms. The van der Waals surface area contributed by atoms with E-state index in [9.17, 15) is 0 Å². The number of piperazine rings is 1. The maximum Gasteiger partial charge on any atom is 0.232 e. The summed E-state index contributed by atoms with van der Waals surface area (Å²) in [4.78, 5) is 19.0. The van der Waals surface area contributed by atoms with Gasteiger partial charge in [0, 0.05) is 63.0 Å². The van der Waals surface area contributed by atoms with E-state index in [4.69, 9.17) is 9.97 Å². The van der Waals surface area contributed by atoms with E-state index in [-0.39, 0.29) is 0 Å². The molecule has 0 spiro atoms. The molecule has 2 saturated heterocycles. The standard InChI is InChI=1S/C25H29N9/c1-2-6-19(7-3-1)18-34-21-14-22(27-16-20(21)17-28-34)29-25-30-23(32-10-4-5-11-32)15-24(31-25)33-12-8-26-9-13-33/h1-3,6-7,14-17,26H,4-5,8-13,18H2,(H,27,29,30,31). The Morgan fingerprint density at radius 1 is 0.853 bits per heavy atom. The van der Waals surface area contributed by atoms with Gasteiger partial charge >= 0.3 is 0 Å². The normalized spacial score (nSPS) is 16.4. The Kier molecular flexibility index (Phi) is 5.68. The molecule has 174 valence electrons. The SMILES string of the molecule is c1ccc(Cn2ncc3cnc(Nc4nc(N5CCCC5)cc(N5CCNCC5)n4)cc32)cc1. The summed E-state index contributed by atoms with van der Waals surface area (Å²) in [7, 11) is 0. The van der Waals surface area contributed by atoms with E-state index < -0.39 is 0 Å². The number of pyridine rings is 1. The fourth-order valence-electron chi connectivity index (χ4n) is 4.68. The van der Waals surface area contributed by atoms with Crippen molar-refractivity contribution in [1.82, 2.24) is 30.0 Å². The number of anilines is 4. The van der Waals surface area contributed by atoms with Crippen molar-refractivity contribution in [2.45, 2.75) is 19.4 Å². The summed E-state index contributed by atoms with van der Waals surface area (Å²) in [5.74, 6) is 3.25. The van der Waals surface area contributed by atoms with Crippen LogP contribution < -0.4 is 20.4 Å². The number of benzene rings is 1. The molecule has 34 heavy (non-hydrogen) atoms. The van der Waals surface area contributed by atoms with Crippen LogP contribution >= 0.6 is 0 Å². The molecule has 0 aliphatic carbocycles. The Labute approximate surface area is 198 Å². The molecule has 0 amide bonds. The molecule has 2 fully saturated rings. The zero-order chi connectivity index (χ0) is 22.7. The number of hydrogen-bond acceptors (Lipinski definition) is 8. The molecule has 1 aromatic carbocycles. The predicted molar refractivity (Wildman–Crippen MR) is 135 cm³/mol. The molecule has 2 aliphatic rings. The van der Waals surface area contributed by atoms with Gasteiger partial charge < -0.3 is 20.4 Å². The third-order valence-corrected chi connectivity index (χ3v) is 6.51.